The Balaban J connectivity index is -0.000000301. The Hall–Kier alpha value is -3.30. The summed E-state index contributed by atoms with van der Waals surface area (Å²) in [6.07, 6.45) is 5.57. The molecule has 12 nitrogen and oxygen atoms in total. The van der Waals surface area contributed by atoms with E-state index in [1.54, 1.807) is 72.8 Å². The van der Waals surface area contributed by atoms with Gasteiger partial charge in [-0.2, -0.15) is 0 Å². The summed E-state index contributed by atoms with van der Waals surface area (Å²) in [6, 6.07) is 25.8. The number of hydrogen-bond acceptors (Lipinski definition) is 8. The van der Waals surface area contributed by atoms with Gasteiger partial charge in [0, 0.05) is 87.1 Å². The van der Waals surface area contributed by atoms with Gasteiger partial charge in [-0.05, 0) is 24.3 Å². The van der Waals surface area contributed by atoms with Crippen LogP contribution in [-0.4, -0.2) is 24.9 Å². The molecule has 0 radical (unpaired) electrons. The molecule has 0 aliphatic carbocycles. The first-order valence-corrected chi connectivity index (χ1v) is 10.7. The Kier molecular flexibility index (Phi) is 27.6. The third-order valence-electron chi connectivity index (χ3n) is 4.45. The average Bonchev–Trinajstić information content (AvgIpc) is 2.89. The molecule has 0 spiro atoms. The van der Waals surface area contributed by atoms with Gasteiger partial charge >= 0.3 is 0 Å². The van der Waals surface area contributed by atoms with Crippen LogP contribution in [0.1, 0.15) is 0 Å². The van der Waals surface area contributed by atoms with E-state index in [-0.39, 0.29) is 107 Å². The fraction of sp³-hybridized carbons (Fsp3) is 0. The summed E-state index contributed by atoms with van der Waals surface area (Å²) in [5, 5.41) is 45.3. The van der Waals surface area contributed by atoms with Gasteiger partial charge in [0.1, 0.15) is 0 Å². The second-order valence-corrected chi connectivity index (χ2v) is 6.98. The van der Waals surface area contributed by atoms with Crippen molar-refractivity contribution < 1.29 is 105 Å². The zero-order chi connectivity index (χ0) is 25.6. The van der Waals surface area contributed by atoms with Crippen molar-refractivity contribution in [2.75, 3.05) is 0 Å². The summed E-state index contributed by atoms with van der Waals surface area (Å²) in [5.74, 6) is -0.587. The van der Waals surface area contributed by atoms with Crippen LogP contribution in [0.5, 0.6) is 23.0 Å². The van der Waals surface area contributed by atoms with Gasteiger partial charge in [0.2, 0.25) is 0 Å². The van der Waals surface area contributed by atoms with Crippen molar-refractivity contribution in [1.29, 1.82) is 0 Å². The second-order valence-electron chi connectivity index (χ2n) is 6.98. The number of nitrogens with zero attached hydrogens (tertiary/aromatic N) is 4. The number of rotatable bonds is 6. The summed E-state index contributed by atoms with van der Waals surface area (Å²) < 4.78 is 0. The topological polar surface area (TPSA) is 256 Å². The van der Waals surface area contributed by atoms with E-state index in [0.717, 1.165) is 0 Å². The van der Waals surface area contributed by atoms with Gasteiger partial charge in [-0.15, -0.1) is 0 Å². The third-order valence-corrected chi connectivity index (χ3v) is 4.45. The minimum Gasteiger partial charge on any atom is -2.00 e. The normalized spacial score (nSPS) is 9.71. The molecule has 4 aromatic carbocycles. The smallest absolute Gasteiger partial charge is 0.0551 e. The predicted molar refractivity (Wildman–Crippen MR) is 139 cm³/mol. The van der Waals surface area contributed by atoms with Crippen LogP contribution >= 0.6 is 0 Å². The molecule has 0 amide bonds. The largest absolute Gasteiger partial charge is 2.00 e. The molecule has 0 bridgehead atoms. The zero-order valence-corrected chi connectivity index (χ0v) is 29.9. The zero-order valence-electron chi connectivity index (χ0n) is 21.6. The van der Waals surface area contributed by atoms with Crippen molar-refractivity contribution in [1.82, 2.24) is 0 Å². The van der Waals surface area contributed by atoms with Crippen molar-refractivity contribution >= 4 is 47.6 Å². The molecular weight excluding hydrogens is 996 g/mol. The molecule has 0 saturated carbocycles. The van der Waals surface area contributed by atoms with E-state index in [4.69, 9.17) is 0 Å². The molecular formula is C28H20N4O8U2-12. The minimum absolute atomic E-state index is 0. The second kappa shape index (κ2) is 25.4. The molecule has 4 rings (SSSR count). The monoisotopic (exact) mass is 1020 g/mol. The van der Waals surface area contributed by atoms with E-state index in [1.165, 1.54) is 49.1 Å². The predicted octanol–water partition coefficient (Wildman–Crippen LogP) is 3.40. The summed E-state index contributed by atoms with van der Waals surface area (Å²) >= 11 is 0. The third kappa shape index (κ3) is 15.6. The number of benzene rings is 4. The fourth-order valence-electron chi connectivity index (χ4n) is 2.71. The Morgan fingerprint density at radius 1 is 0.333 bits per heavy atom. The molecule has 4 aromatic rings. The van der Waals surface area contributed by atoms with Crippen LogP contribution in [0.2, 0.25) is 0 Å². The summed E-state index contributed by atoms with van der Waals surface area (Å²) in [6.45, 7) is 0. The molecule has 0 aliphatic heterocycles. The van der Waals surface area contributed by atoms with Crippen molar-refractivity contribution in [3.8, 4) is 23.0 Å². The van der Waals surface area contributed by atoms with Gasteiger partial charge in [-0.1, -0.05) is 95.8 Å². The van der Waals surface area contributed by atoms with Crippen molar-refractivity contribution in [2.24, 2.45) is 20.0 Å². The maximum absolute atomic E-state index is 11.3. The summed E-state index contributed by atoms with van der Waals surface area (Å²) in [4.78, 5) is 15.8. The van der Waals surface area contributed by atoms with Gasteiger partial charge in [0.05, 0.1) is 22.7 Å². The van der Waals surface area contributed by atoms with E-state index in [9.17, 15) is 20.4 Å². The number of para-hydroxylation sites is 8. The Labute approximate surface area is 290 Å². The molecule has 0 unspecified atom stereocenters. The first kappa shape index (κ1) is 45.7. The molecule has 0 saturated heterocycles. The van der Waals surface area contributed by atoms with Crippen molar-refractivity contribution in [3.63, 3.8) is 0 Å². The minimum atomic E-state index is -0.147. The summed E-state index contributed by atoms with van der Waals surface area (Å²) in [7, 11) is 0. The van der Waals surface area contributed by atoms with E-state index in [0.29, 0.717) is 22.7 Å². The van der Waals surface area contributed by atoms with E-state index in [2.05, 4.69) is 20.0 Å². The Bertz CT molecular complexity index is 1210. The van der Waals surface area contributed by atoms with Gasteiger partial charge < -0.3 is 42.3 Å². The maximum Gasteiger partial charge on any atom is 0.0551 e. The van der Waals surface area contributed by atoms with Crippen molar-refractivity contribution in [2.45, 2.75) is 0 Å². The average molecular weight is 1020 g/mol. The van der Waals surface area contributed by atoms with Crippen LogP contribution in [0, 0.1) is 62.2 Å². The molecule has 42 heavy (non-hydrogen) atoms. The first-order chi connectivity index (χ1) is 17.5. The van der Waals surface area contributed by atoms with Gasteiger partial charge in [-0.3, -0.25) is 20.0 Å². The van der Waals surface area contributed by atoms with Crippen LogP contribution in [-0.2, 0) is 21.9 Å². The van der Waals surface area contributed by atoms with Gasteiger partial charge in [0.15, 0.2) is 0 Å². The number of aliphatic imine (C=N–C) groups is 4. The van der Waals surface area contributed by atoms with E-state index >= 15 is 0 Å². The Morgan fingerprint density at radius 2 is 0.500 bits per heavy atom. The van der Waals surface area contributed by atoms with Crippen LogP contribution in [0.4, 0.5) is 22.7 Å². The SMILES string of the molecule is [O-2].[O-2].[O-2].[O-2].[O-]c1ccccc1N=CC=Nc1ccccc1[O-].[O-]c1ccccc1N=CC=Nc1ccccc1[O-].[U].[U]. The van der Waals surface area contributed by atoms with Crippen LogP contribution in [0.15, 0.2) is 117 Å². The quantitative estimate of drug-likeness (QED) is 0.263. The van der Waals surface area contributed by atoms with Crippen LogP contribution < -0.4 is 20.4 Å². The Morgan fingerprint density at radius 3 is 0.667 bits per heavy atom. The van der Waals surface area contributed by atoms with Crippen molar-refractivity contribution in [3.05, 3.63) is 97.1 Å². The number of hydrogen-bond donors (Lipinski definition) is 0. The van der Waals surface area contributed by atoms with E-state index < -0.39 is 0 Å². The maximum atomic E-state index is 11.3. The standard InChI is InChI=1S/2C14H12N2O2.4O.2U/c2*17-13-7-3-1-5-11(13)15-9-10-16-12-6-2-4-8-14(12)18;;;;;;/h2*1-10,17-18H;;;;;;/q;;4*-2;;/p-4. The molecule has 0 atom stereocenters. The van der Waals surface area contributed by atoms with Gasteiger partial charge in [0.25, 0.3) is 0 Å². The van der Waals surface area contributed by atoms with Crippen LogP contribution in [0.3, 0.4) is 0 Å². The summed E-state index contributed by atoms with van der Waals surface area (Å²) in [5.41, 5.74) is 1.39. The molecule has 220 valence electrons. The molecule has 0 fully saturated rings. The molecule has 0 aromatic heterocycles. The van der Waals surface area contributed by atoms with Gasteiger partial charge in [-0.25, -0.2) is 0 Å². The molecule has 0 heterocycles. The molecule has 0 aliphatic rings. The fourth-order valence-corrected chi connectivity index (χ4v) is 2.71. The molecule has 0 N–H and O–H groups in total. The first-order valence-electron chi connectivity index (χ1n) is 10.7. The van der Waals surface area contributed by atoms with E-state index in [1.807, 2.05) is 0 Å². The molecule has 14 heteroatoms. The van der Waals surface area contributed by atoms with Crippen LogP contribution in [0.25, 0.3) is 0 Å².